The van der Waals surface area contributed by atoms with Crippen molar-refractivity contribution in [3.63, 3.8) is 0 Å². The Labute approximate surface area is 110 Å². The molecule has 1 saturated carbocycles. The van der Waals surface area contributed by atoms with E-state index in [4.69, 9.17) is 4.42 Å². The number of aromatic nitrogens is 1. The number of alkyl halides is 1. The fraction of sp³-hybridized carbons (Fsp3) is 0.500. The van der Waals surface area contributed by atoms with Crippen molar-refractivity contribution in [1.29, 1.82) is 0 Å². The summed E-state index contributed by atoms with van der Waals surface area (Å²) in [6.07, 6.45) is 6.35. The number of benzene rings is 1. The molecule has 1 aliphatic carbocycles. The maximum Gasteiger partial charge on any atom is 0.196 e. The second kappa shape index (κ2) is 4.81. The van der Waals surface area contributed by atoms with E-state index in [1.54, 1.807) is 0 Å². The van der Waals surface area contributed by atoms with Crippen LogP contribution in [0.4, 0.5) is 0 Å². The highest BCUT2D eigenvalue weighted by molar-refractivity contribution is 9.09. The van der Waals surface area contributed by atoms with Crippen LogP contribution in [0, 0.1) is 5.92 Å². The summed E-state index contributed by atoms with van der Waals surface area (Å²) >= 11 is 3.75. The molecule has 3 rings (SSSR count). The molecule has 0 aliphatic heterocycles. The molecule has 1 atom stereocenters. The summed E-state index contributed by atoms with van der Waals surface area (Å²) in [5.41, 5.74) is 1.86. The van der Waals surface area contributed by atoms with Crippen molar-refractivity contribution in [2.24, 2.45) is 5.92 Å². The van der Waals surface area contributed by atoms with Crippen LogP contribution in [0.25, 0.3) is 11.1 Å². The van der Waals surface area contributed by atoms with Crippen molar-refractivity contribution in [3.05, 3.63) is 30.2 Å². The van der Waals surface area contributed by atoms with E-state index < -0.39 is 0 Å². The number of nitrogens with zero attached hydrogens (tertiary/aromatic N) is 1. The van der Waals surface area contributed by atoms with Gasteiger partial charge < -0.3 is 4.42 Å². The maximum atomic E-state index is 5.73. The molecule has 1 unspecified atom stereocenters. The van der Waals surface area contributed by atoms with Crippen LogP contribution in [0.3, 0.4) is 0 Å². The molecule has 1 aromatic heterocycles. The highest BCUT2D eigenvalue weighted by Gasteiger charge is 2.22. The second-order valence-corrected chi connectivity index (χ2v) is 6.20. The minimum absolute atomic E-state index is 0.501. The lowest BCUT2D eigenvalue weighted by molar-refractivity contribution is 0.292. The Morgan fingerprint density at radius 2 is 2.18 bits per heavy atom. The van der Waals surface area contributed by atoms with Crippen LogP contribution in [0.5, 0.6) is 0 Å². The first-order chi connectivity index (χ1) is 8.31. The number of hydrogen-bond acceptors (Lipinski definition) is 2. The van der Waals surface area contributed by atoms with E-state index in [0.717, 1.165) is 29.3 Å². The van der Waals surface area contributed by atoms with Crippen LogP contribution >= 0.6 is 15.9 Å². The van der Waals surface area contributed by atoms with Crippen LogP contribution in [-0.4, -0.2) is 9.81 Å². The Bertz CT molecular complexity index is 471. The van der Waals surface area contributed by atoms with Gasteiger partial charge in [0.05, 0.1) is 0 Å². The standard InChI is InChI=1S/C14H16BrNO/c15-11(8-10-4-3-5-10)9-14-16-12-6-1-2-7-13(12)17-14/h1-2,6-7,10-11H,3-5,8-9H2. The highest BCUT2D eigenvalue weighted by atomic mass is 79.9. The number of hydrogen-bond donors (Lipinski definition) is 0. The largest absolute Gasteiger partial charge is 0.441 e. The van der Waals surface area contributed by atoms with Crippen LogP contribution in [0.15, 0.2) is 28.7 Å². The maximum absolute atomic E-state index is 5.73. The Morgan fingerprint density at radius 1 is 1.35 bits per heavy atom. The van der Waals surface area contributed by atoms with Gasteiger partial charge in [0, 0.05) is 11.2 Å². The summed E-state index contributed by atoms with van der Waals surface area (Å²) < 4.78 is 5.73. The number of fused-ring (bicyclic) bond motifs is 1. The fourth-order valence-corrected chi connectivity index (χ4v) is 3.18. The molecule has 1 heterocycles. The van der Waals surface area contributed by atoms with E-state index in [2.05, 4.69) is 20.9 Å². The summed E-state index contributed by atoms with van der Waals surface area (Å²) in [6, 6.07) is 7.95. The summed E-state index contributed by atoms with van der Waals surface area (Å²) in [5.74, 6) is 1.77. The minimum atomic E-state index is 0.501. The van der Waals surface area contributed by atoms with Gasteiger partial charge in [-0.15, -0.1) is 0 Å². The first-order valence-electron chi connectivity index (χ1n) is 6.30. The van der Waals surface area contributed by atoms with Crippen molar-refractivity contribution < 1.29 is 4.42 Å². The zero-order valence-electron chi connectivity index (χ0n) is 9.73. The molecule has 1 aromatic carbocycles. The van der Waals surface area contributed by atoms with Crippen molar-refractivity contribution in [3.8, 4) is 0 Å². The molecule has 2 aromatic rings. The molecule has 1 fully saturated rings. The van der Waals surface area contributed by atoms with Gasteiger partial charge in [-0.25, -0.2) is 4.98 Å². The molecule has 3 heteroatoms. The van der Waals surface area contributed by atoms with Crippen molar-refractivity contribution in [2.75, 3.05) is 0 Å². The molecular weight excluding hydrogens is 278 g/mol. The normalized spacial score (nSPS) is 18.2. The third-order valence-corrected chi connectivity index (χ3v) is 4.25. The smallest absolute Gasteiger partial charge is 0.196 e. The summed E-state index contributed by atoms with van der Waals surface area (Å²) in [5, 5.41) is 0. The Balaban J connectivity index is 1.66. The summed E-state index contributed by atoms with van der Waals surface area (Å²) in [4.78, 5) is 5.01. The average Bonchev–Trinajstić information content (AvgIpc) is 2.65. The van der Waals surface area contributed by atoms with Crippen LogP contribution in [-0.2, 0) is 6.42 Å². The monoisotopic (exact) mass is 293 g/mol. The molecule has 0 N–H and O–H groups in total. The van der Waals surface area contributed by atoms with Gasteiger partial charge in [-0.2, -0.15) is 0 Å². The summed E-state index contributed by atoms with van der Waals surface area (Å²) in [6.45, 7) is 0. The molecule has 90 valence electrons. The number of halogens is 1. The van der Waals surface area contributed by atoms with Crippen LogP contribution in [0.2, 0.25) is 0 Å². The molecule has 0 amide bonds. The predicted octanol–water partition coefficient (Wildman–Crippen LogP) is 4.32. The molecule has 1 aliphatic rings. The van der Waals surface area contributed by atoms with E-state index in [-0.39, 0.29) is 0 Å². The van der Waals surface area contributed by atoms with Gasteiger partial charge in [0.2, 0.25) is 0 Å². The van der Waals surface area contributed by atoms with Gasteiger partial charge in [-0.3, -0.25) is 0 Å². The van der Waals surface area contributed by atoms with Gasteiger partial charge in [0.15, 0.2) is 11.5 Å². The molecule has 2 nitrogen and oxygen atoms in total. The number of para-hydroxylation sites is 2. The molecule has 0 spiro atoms. The van der Waals surface area contributed by atoms with Crippen molar-refractivity contribution in [2.45, 2.75) is 36.9 Å². The second-order valence-electron chi connectivity index (χ2n) is 4.91. The van der Waals surface area contributed by atoms with Gasteiger partial charge in [-0.1, -0.05) is 47.3 Å². The number of rotatable bonds is 4. The van der Waals surface area contributed by atoms with E-state index in [1.807, 2.05) is 24.3 Å². The molecule has 0 radical (unpaired) electrons. The lowest BCUT2D eigenvalue weighted by atomic mass is 9.82. The van der Waals surface area contributed by atoms with E-state index >= 15 is 0 Å². The van der Waals surface area contributed by atoms with E-state index in [9.17, 15) is 0 Å². The third kappa shape index (κ3) is 2.54. The van der Waals surface area contributed by atoms with Gasteiger partial charge in [-0.05, 0) is 24.5 Å². The Hall–Kier alpha value is -0.830. The third-order valence-electron chi connectivity index (χ3n) is 3.55. The lowest BCUT2D eigenvalue weighted by Gasteiger charge is -2.26. The molecule has 0 saturated heterocycles. The first kappa shape index (κ1) is 11.3. The van der Waals surface area contributed by atoms with E-state index in [1.165, 1.54) is 25.7 Å². The molecule has 0 bridgehead atoms. The van der Waals surface area contributed by atoms with Crippen LogP contribution < -0.4 is 0 Å². The average molecular weight is 294 g/mol. The van der Waals surface area contributed by atoms with Gasteiger partial charge in [0.1, 0.15) is 5.52 Å². The lowest BCUT2D eigenvalue weighted by Crippen LogP contribution is -2.17. The highest BCUT2D eigenvalue weighted by Crippen LogP contribution is 2.33. The van der Waals surface area contributed by atoms with Crippen molar-refractivity contribution in [1.82, 2.24) is 4.98 Å². The zero-order valence-corrected chi connectivity index (χ0v) is 11.3. The minimum Gasteiger partial charge on any atom is -0.441 e. The van der Waals surface area contributed by atoms with Crippen molar-refractivity contribution >= 4 is 27.0 Å². The zero-order chi connectivity index (χ0) is 11.7. The Morgan fingerprint density at radius 3 is 2.88 bits per heavy atom. The first-order valence-corrected chi connectivity index (χ1v) is 7.21. The fourth-order valence-electron chi connectivity index (χ4n) is 2.37. The van der Waals surface area contributed by atoms with E-state index in [0.29, 0.717) is 4.83 Å². The SMILES string of the molecule is BrC(Cc1nc2ccccc2o1)CC1CCC1. The number of oxazole rings is 1. The topological polar surface area (TPSA) is 26.0 Å². The summed E-state index contributed by atoms with van der Waals surface area (Å²) in [7, 11) is 0. The van der Waals surface area contributed by atoms with Crippen LogP contribution in [0.1, 0.15) is 31.6 Å². The Kier molecular flexibility index (Phi) is 3.19. The van der Waals surface area contributed by atoms with Gasteiger partial charge >= 0.3 is 0 Å². The quantitative estimate of drug-likeness (QED) is 0.785. The molecular formula is C14H16BrNO. The predicted molar refractivity (Wildman–Crippen MR) is 72.4 cm³/mol. The van der Waals surface area contributed by atoms with Gasteiger partial charge in [0.25, 0.3) is 0 Å². The molecule has 17 heavy (non-hydrogen) atoms.